The molecule has 5 heteroatoms. The summed E-state index contributed by atoms with van der Waals surface area (Å²) >= 11 is 0. The van der Waals surface area contributed by atoms with Crippen LogP contribution in [-0.4, -0.2) is 34.0 Å². The maximum Gasteiger partial charge on any atom is 0.162 e. The molecule has 0 fully saturated rings. The third-order valence-electron chi connectivity index (χ3n) is 2.78. The lowest BCUT2D eigenvalue weighted by Gasteiger charge is -2.20. The van der Waals surface area contributed by atoms with Crippen molar-refractivity contribution in [3.8, 4) is 11.5 Å². The molecule has 0 aliphatic carbocycles. The number of rotatable bonds is 7. The molecule has 1 unspecified atom stereocenters. The van der Waals surface area contributed by atoms with Gasteiger partial charge in [0.25, 0.3) is 0 Å². The summed E-state index contributed by atoms with van der Waals surface area (Å²) < 4.78 is 15.6. The van der Waals surface area contributed by atoms with E-state index in [1.807, 2.05) is 6.07 Å². The number of methoxy groups -OCH3 is 3. The van der Waals surface area contributed by atoms with Crippen molar-refractivity contribution < 1.29 is 14.2 Å². The molecule has 0 heterocycles. The summed E-state index contributed by atoms with van der Waals surface area (Å²) in [5, 5.41) is 3.34. The molecular weight excluding hydrogens is 232 g/mol. The Labute approximate surface area is 108 Å². The number of nitrogens with two attached hydrogens (primary N) is 1. The van der Waals surface area contributed by atoms with Gasteiger partial charge in [-0.3, -0.25) is 0 Å². The summed E-state index contributed by atoms with van der Waals surface area (Å²) in [6.07, 6.45) is 0.946. The first kappa shape index (κ1) is 14.4. The predicted molar refractivity (Wildman–Crippen MR) is 73.5 cm³/mol. The maximum absolute atomic E-state index is 5.98. The fourth-order valence-corrected chi connectivity index (χ4v) is 1.70. The quantitative estimate of drug-likeness (QED) is 0.730. The molecule has 1 aromatic rings. The molecule has 18 heavy (non-hydrogen) atoms. The van der Waals surface area contributed by atoms with Gasteiger partial charge >= 0.3 is 0 Å². The molecule has 1 aromatic carbocycles. The van der Waals surface area contributed by atoms with Crippen molar-refractivity contribution in [2.45, 2.75) is 19.4 Å². The van der Waals surface area contributed by atoms with Crippen molar-refractivity contribution in [3.63, 3.8) is 0 Å². The Morgan fingerprint density at radius 1 is 1.17 bits per heavy atom. The van der Waals surface area contributed by atoms with Gasteiger partial charge in [-0.05, 0) is 6.42 Å². The summed E-state index contributed by atoms with van der Waals surface area (Å²) in [5.41, 5.74) is 7.44. The van der Waals surface area contributed by atoms with Crippen LogP contribution >= 0.6 is 0 Å². The highest BCUT2D eigenvalue weighted by atomic mass is 16.5. The highest BCUT2D eigenvalue weighted by Crippen LogP contribution is 2.35. The molecule has 0 aromatic heterocycles. The Kier molecular flexibility index (Phi) is 5.58. The fourth-order valence-electron chi connectivity index (χ4n) is 1.70. The Morgan fingerprint density at radius 3 is 2.28 bits per heavy atom. The van der Waals surface area contributed by atoms with Gasteiger partial charge in [0, 0.05) is 25.3 Å². The van der Waals surface area contributed by atoms with E-state index in [4.69, 9.17) is 19.9 Å². The first-order valence-corrected chi connectivity index (χ1v) is 5.93. The fraction of sp³-hybridized carbons (Fsp3) is 0.538. The number of nitrogen functional groups attached to an aromatic ring is 1. The number of hydrogen-bond donors (Lipinski definition) is 2. The van der Waals surface area contributed by atoms with E-state index in [-0.39, 0.29) is 6.04 Å². The highest BCUT2D eigenvalue weighted by Gasteiger charge is 2.12. The molecule has 0 amide bonds. The standard InChI is InChI=1S/C13H22N2O3/c1-5-9(8-16-2)15-11-7-13(18-4)12(17-3)6-10(11)14/h6-7,9,15H,5,8,14H2,1-4H3. The van der Waals surface area contributed by atoms with Crippen LogP contribution in [0.2, 0.25) is 0 Å². The lowest BCUT2D eigenvalue weighted by atomic mass is 10.2. The summed E-state index contributed by atoms with van der Waals surface area (Å²) in [6, 6.07) is 3.81. The zero-order chi connectivity index (χ0) is 13.5. The Bertz CT molecular complexity index is 383. The number of benzene rings is 1. The Morgan fingerprint density at radius 2 is 1.78 bits per heavy atom. The Hall–Kier alpha value is -1.62. The molecule has 0 saturated heterocycles. The van der Waals surface area contributed by atoms with Gasteiger partial charge in [-0.25, -0.2) is 0 Å². The third kappa shape index (κ3) is 3.43. The number of hydrogen-bond acceptors (Lipinski definition) is 5. The van der Waals surface area contributed by atoms with Gasteiger partial charge in [-0.1, -0.05) is 6.92 Å². The molecule has 1 rings (SSSR count). The lowest BCUT2D eigenvalue weighted by Crippen LogP contribution is -2.24. The van der Waals surface area contributed by atoms with Crippen LogP contribution in [0.4, 0.5) is 11.4 Å². The van der Waals surface area contributed by atoms with E-state index < -0.39 is 0 Å². The van der Waals surface area contributed by atoms with Crippen molar-refractivity contribution in [2.75, 3.05) is 39.0 Å². The van der Waals surface area contributed by atoms with E-state index in [1.54, 1.807) is 27.4 Å². The van der Waals surface area contributed by atoms with Crippen molar-refractivity contribution in [3.05, 3.63) is 12.1 Å². The van der Waals surface area contributed by atoms with Gasteiger partial charge in [-0.15, -0.1) is 0 Å². The predicted octanol–water partition coefficient (Wildman–Crippen LogP) is 2.12. The van der Waals surface area contributed by atoms with Crippen LogP contribution in [0.3, 0.4) is 0 Å². The second-order valence-corrected chi connectivity index (χ2v) is 4.00. The summed E-state index contributed by atoms with van der Waals surface area (Å²) in [4.78, 5) is 0. The minimum atomic E-state index is 0.218. The first-order valence-electron chi connectivity index (χ1n) is 5.93. The first-order chi connectivity index (χ1) is 8.65. The SMILES string of the molecule is CCC(COC)Nc1cc(OC)c(OC)cc1N. The molecule has 0 aliphatic heterocycles. The van der Waals surface area contributed by atoms with E-state index in [0.717, 1.165) is 12.1 Å². The van der Waals surface area contributed by atoms with Crippen molar-refractivity contribution >= 4 is 11.4 Å². The van der Waals surface area contributed by atoms with Crippen LogP contribution in [0, 0.1) is 0 Å². The molecule has 0 aliphatic rings. The average molecular weight is 254 g/mol. The van der Waals surface area contributed by atoms with Gasteiger partial charge in [0.2, 0.25) is 0 Å². The average Bonchev–Trinajstić information content (AvgIpc) is 2.39. The minimum absolute atomic E-state index is 0.218. The number of nitrogens with one attached hydrogen (secondary N) is 1. The van der Waals surface area contributed by atoms with Crippen molar-refractivity contribution in [2.24, 2.45) is 0 Å². The molecule has 0 bridgehead atoms. The molecule has 0 radical (unpaired) electrons. The van der Waals surface area contributed by atoms with Crippen LogP contribution in [0.1, 0.15) is 13.3 Å². The zero-order valence-corrected chi connectivity index (χ0v) is 11.4. The van der Waals surface area contributed by atoms with Crippen LogP contribution in [0.25, 0.3) is 0 Å². The molecule has 1 atom stereocenters. The molecule has 0 saturated carbocycles. The van der Waals surface area contributed by atoms with E-state index in [9.17, 15) is 0 Å². The van der Waals surface area contributed by atoms with Crippen LogP contribution in [0.15, 0.2) is 12.1 Å². The molecule has 0 spiro atoms. The van der Waals surface area contributed by atoms with Gasteiger partial charge in [-0.2, -0.15) is 0 Å². The van der Waals surface area contributed by atoms with Crippen LogP contribution < -0.4 is 20.5 Å². The smallest absolute Gasteiger partial charge is 0.162 e. The second-order valence-electron chi connectivity index (χ2n) is 4.00. The van der Waals surface area contributed by atoms with Gasteiger partial charge in [0.15, 0.2) is 11.5 Å². The van der Waals surface area contributed by atoms with Crippen molar-refractivity contribution in [1.82, 2.24) is 0 Å². The number of ether oxygens (including phenoxy) is 3. The molecular formula is C13H22N2O3. The topological polar surface area (TPSA) is 65.7 Å². The van der Waals surface area contributed by atoms with Gasteiger partial charge < -0.3 is 25.3 Å². The summed E-state index contributed by atoms with van der Waals surface area (Å²) in [6.45, 7) is 2.72. The maximum atomic E-state index is 5.98. The lowest BCUT2D eigenvalue weighted by molar-refractivity contribution is 0.184. The van der Waals surface area contributed by atoms with E-state index >= 15 is 0 Å². The van der Waals surface area contributed by atoms with E-state index in [0.29, 0.717) is 23.8 Å². The molecule has 102 valence electrons. The van der Waals surface area contributed by atoms with Crippen LogP contribution in [0.5, 0.6) is 11.5 Å². The third-order valence-corrected chi connectivity index (χ3v) is 2.78. The second kappa shape index (κ2) is 6.96. The van der Waals surface area contributed by atoms with Gasteiger partial charge in [0.1, 0.15) is 0 Å². The summed E-state index contributed by atoms with van der Waals surface area (Å²) in [7, 11) is 4.87. The summed E-state index contributed by atoms with van der Waals surface area (Å²) in [5.74, 6) is 1.28. The number of anilines is 2. The van der Waals surface area contributed by atoms with Crippen molar-refractivity contribution in [1.29, 1.82) is 0 Å². The van der Waals surface area contributed by atoms with E-state index in [2.05, 4.69) is 12.2 Å². The largest absolute Gasteiger partial charge is 0.493 e. The van der Waals surface area contributed by atoms with E-state index in [1.165, 1.54) is 0 Å². The zero-order valence-electron chi connectivity index (χ0n) is 11.4. The monoisotopic (exact) mass is 254 g/mol. The van der Waals surface area contributed by atoms with Crippen LogP contribution in [-0.2, 0) is 4.74 Å². The molecule has 3 N–H and O–H groups in total. The highest BCUT2D eigenvalue weighted by molar-refractivity contribution is 5.72. The Balaban J connectivity index is 2.94. The minimum Gasteiger partial charge on any atom is -0.493 e. The normalized spacial score (nSPS) is 12.0. The molecule has 5 nitrogen and oxygen atoms in total. The van der Waals surface area contributed by atoms with Gasteiger partial charge in [0.05, 0.1) is 32.2 Å².